The summed E-state index contributed by atoms with van der Waals surface area (Å²) in [5.74, 6) is -0.0903. The average Bonchev–Trinajstić information content (AvgIpc) is 2.96. The number of nitrogen functional groups attached to an aromatic ring is 1. The first-order valence-corrected chi connectivity index (χ1v) is 11.4. The van der Waals surface area contributed by atoms with Crippen LogP contribution in [0.1, 0.15) is 40.7 Å². The second kappa shape index (κ2) is 8.57. The van der Waals surface area contributed by atoms with Gasteiger partial charge in [-0.1, -0.05) is 54.6 Å². The van der Waals surface area contributed by atoms with E-state index in [0.29, 0.717) is 11.3 Å². The van der Waals surface area contributed by atoms with Gasteiger partial charge in [0, 0.05) is 45.3 Å². The molecule has 0 spiro atoms. The average molecular weight is 429 g/mol. The lowest BCUT2D eigenvalue weighted by atomic mass is 10.0. The van der Waals surface area contributed by atoms with Crippen LogP contribution in [0.4, 0.5) is 11.4 Å². The Labute approximate surface area is 186 Å². The van der Waals surface area contributed by atoms with Gasteiger partial charge in [-0.15, -0.1) is 0 Å². The van der Waals surface area contributed by atoms with Crippen molar-refractivity contribution in [2.75, 3.05) is 18.8 Å². The van der Waals surface area contributed by atoms with Crippen LogP contribution in [-0.2, 0) is 0 Å². The number of rotatable bonds is 3. The summed E-state index contributed by atoms with van der Waals surface area (Å²) in [6.07, 6.45) is 3.46. The molecule has 3 aromatic carbocycles. The molecule has 3 aromatic rings. The van der Waals surface area contributed by atoms with Crippen LogP contribution in [0.3, 0.4) is 0 Å². The Bertz CT molecular complexity index is 1170. The van der Waals surface area contributed by atoms with Gasteiger partial charge < -0.3 is 5.73 Å². The van der Waals surface area contributed by atoms with Crippen molar-refractivity contribution in [3.63, 3.8) is 0 Å². The number of hydrogen-bond acceptors (Lipinski definition) is 5. The summed E-state index contributed by atoms with van der Waals surface area (Å²) in [6, 6.07) is 21.7. The predicted octanol–water partition coefficient (Wildman–Crippen LogP) is 5.03. The van der Waals surface area contributed by atoms with Gasteiger partial charge in [0.05, 0.1) is 11.4 Å². The minimum atomic E-state index is -0.0903. The van der Waals surface area contributed by atoms with E-state index >= 15 is 0 Å². The quantitative estimate of drug-likeness (QED) is 0.449. The highest BCUT2D eigenvalue weighted by Gasteiger charge is 2.21. The Morgan fingerprint density at radius 1 is 0.903 bits per heavy atom. The molecule has 2 heterocycles. The fourth-order valence-electron chi connectivity index (χ4n) is 4.01. The number of hydrazine groups is 1. The molecule has 0 radical (unpaired) electrons. The van der Waals surface area contributed by atoms with E-state index in [1.807, 2.05) is 59.6 Å². The number of amides is 1. The van der Waals surface area contributed by atoms with Gasteiger partial charge in [-0.05, 0) is 43.2 Å². The summed E-state index contributed by atoms with van der Waals surface area (Å²) in [5, 5.41) is 2.02. The molecule has 3 N–H and O–H groups in total. The highest BCUT2D eigenvalue weighted by atomic mass is 32.2. The normalized spacial score (nSPS) is 15.9. The van der Waals surface area contributed by atoms with E-state index in [9.17, 15) is 4.79 Å². The summed E-state index contributed by atoms with van der Waals surface area (Å²) >= 11 is 1.67. The lowest BCUT2D eigenvalue weighted by Crippen LogP contribution is -2.45. The number of nitrogens with zero attached hydrogens (tertiary/aromatic N) is 2. The second-order valence-corrected chi connectivity index (χ2v) is 8.90. The third-order valence-corrected chi connectivity index (χ3v) is 6.79. The molecule has 0 bridgehead atoms. The van der Waals surface area contributed by atoms with Crippen LogP contribution in [0.15, 0.2) is 81.5 Å². The van der Waals surface area contributed by atoms with Gasteiger partial charge in [-0.2, -0.15) is 0 Å². The SMILES string of the molecule is Nc1ccccc1C1=Nc2cc(C(=O)NN3CCCCC3)ccc2Sc2ccccc21. The van der Waals surface area contributed by atoms with Crippen molar-refractivity contribution < 1.29 is 4.79 Å². The number of hydrogen-bond donors (Lipinski definition) is 2. The Morgan fingerprint density at radius 3 is 2.45 bits per heavy atom. The molecule has 5 nitrogen and oxygen atoms in total. The third-order valence-electron chi connectivity index (χ3n) is 5.65. The summed E-state index contributed by atoms with van der Waals surface area (Å²) in [6.45, 7) is 1.80. The lowest BCUT2D eigenvalue weighted by Gasteiger charge is -2.26. The first-order chi connectivity index (χ1) is 15.2. The Kier molecular flexibility index (Phi) is 5.49. The van der Waals surface area contributed by atoms with Crippen molar-refractivity contribution in [3.05, 3.63) is 83.4 Å². The van der Waals surface area contributed by atoms with Gasteiger partial charge in [-0.3, -0.25) is 10.2 Å². The predicted molar refractivity (Wildman–Crippen MR) is 126 cm³/mol. The van der Waals surface area contributed by atoms with Gasteiger partial charge >= 0.3 is 0 Å². The van der Waals surface area contributed by atoms with Crippen molar-refractivity contribution in [1.29, 1.82) is 0 Å². The molecule has 2 aliphatic heterocycles. The maximum atomic E-state index is 12.9. The van der Waals surface area contributed by atoms with Crippen molar-refractivity contribution >= 4 is 34.8 Å². The van der Waals surface area contributed by atoms with E-state index in [4.69, 9.17) is 10.7 Å². The smallest absolute Gasteiger partial charge is 0.265 e. The number of nitrogens with one attached hydrogen (secondary N) is 1. The molecular formula is C25H24N4OS. The zero-order valence-electron chi connectivity index (χ0n) is 17.2. The minimum Gasteiger partial charge on any atom is -0.398 e. The van der Waals surface area contributed by atoms with E-state index in [2.05, 4.69) is 17.6 Å². The zero-order chi connectivity index (χ0) is 21.2. The number of nitrogens with two attached hydrogens (primary N) is 1. The maximum Gasteiger partial charge on any atom is 0.265 e. The molecular weight excluding hydrogens is 404 g/mol. The molecule has 5 rings (SSSR count). The maximum absolute atomic E-state index is 12.9. The fourth-order valence-corrected chi connectivity index (χ4v) is 5.02. The number of piperidine rings is 1. The van der Waals surface area contributed by atoms with Crippen LogP contribution in [0, 0.1) is 0 Å². The van der Waals surface area contributed by atoms with E-state index in [1.54, 1.807) is 11.8 Å². The third kappa shape index (κ3) is 4.09. The van der Waals surface area contributed by atoms with Crippen LogP contribution in [0.2, 0.25) is 0 Å². The van der Waals surface area contributed by atoms with Gasteiger partial charge in [0.15, 0.2) is 0 Å². The molecule has 0 aliphatic carbocycles. The van der Waals surface area contributed by atoms with Crippen LogP contribution in [-0.4, -0.2) is 29.7 Å². The molecule has 6 heteroatoms. The molecule has 1 amide bonds. The van der Waals surface area contributed by atoms with Gasteiger partial charge in [0.25, 0.3) is 5.91 Å². The largest absolute Gasteiger partial charge is 0.398 e. The van der Waals surface area contributed by atoms with Crippen LogP contribution >= 0.6 is 11.8 Å². The molecule has 0 atom stereocenters. The van der Waals surface area contributed by atoms with E-state index in [1.165, 1.54) is 6.42 Å². The first kappa shape index (κ1) is 19.8. The van der Waals surface area contributed by atoms with Crippen molar-refractivity contribution in [3.8, 4) is 0 Å². The highest BCUT2D eigenvalue weighted by Crippen LogP contribution is 2.42. The fraction of sp³-hybridized carbons (Fsp3) is 0.200. The van der Waals surface area contributed by atoms with E-state index < -0.39 is 0 Å². The van der Waals surface area contributed by atoms with Gasteiger partial charge in [0.2, 0.25) is 0 Å². The van der Waals surface area contributed by atoms with Crippen LogP contribution in [0.5, 0.6) is 0 Å². The monoisotopic (exact) mass is 428 g/mol. The van der Waals surface area contributed by atoms with Gasteiger partial charge in [-0.25, -0.2) is 10.0 Å². The number of benzene rings is 3. The number of para-hydroxylation sites is 1. The van der Waals surface area contributed by atoms with Crippen molar-refractivity contribution in [2.24, 2.45) is 4.99 Å². The molecule has 1 saturated heterocycles. The zero-order valence-corrected chi connectivity index (χ0v) is 18.0. The van der Waals surface area contributed by atoms with Crippen molar-refractivity contribution in [1.82, 2.24) is 10.4 Å². The van der Waals surface area contributed by atoms with E-state index in [-0.39, 0.29) is 5.91 Å². The van der Waals surface area contributed by atoms with Gasteiger partial charge in [0.1, 0.15) is 0 Å². The number of anilines is 1. The molecule has 0 aromatic heterocycles. The molecule has 0 unspecified atom stereocenters. The summed E-state index contributed by atoms with van der Waals surface area (Å²) in [5.41, 5.74) is 14.2. The Morgan fingerprint density at radius 2 is 1.65 bits per heavy atom. The Balaban J connectivity index is 1.56. The number of aliphatic imine (C=N–C) groups is 1. The molecule has 2 aliphatic rings. The topological polar surface area (TPSA) is 70.7 Å². The molecule has 1 fully saturated rings. The van der Waals surface area contributed by atoms with E-state index in [0.717, 1.165) is 58.2 Å². The highest BCUT2D eigenvalue weighted by molar-refractivity contribution is 7.99. The van der Waals surface area contributed by atoms with Crippen LogP contribution in [0.25, 0.3) is 0 Å². The standard InChI is InChI=1S/C25H24N4OS/c26-20-10-4-2-8-18(20)24-19-9-3-5-11-22(19)31-23-13-12-17(16-21(23)27-24)25(30)28-29-14-6-1-7-15-29/h2-5,8-13,16H,1,6-7,14-15,26H2,(H,28,30). The molecule has 0 saturated carbocycles. The minimum absolute atomic E-state index is 0.0903. The Hall–Kier alpha value is -3.09. The summed E-state index contributed by atoms with van der Waals surface area (Å²) < 4.78 is 0. The molecule has 156 valence electrons. The summed E-state index contributed by atoms with van der Waals surface area (Å²) in [4.78, 5) is 20.0. The number of carbonyl (C=O) groups is 1. The first-order valence-electron chi connectivity index (χ1n) is 10.6. The van der Waals surface area contributed by atoms with Crippen LogP contribution < -0.4 is 11.2 Å². The number of fused-ring (bicyclic) bond motifs is 2. The summed E-state index contributed by atoms with van der Waals surface area (Å²) in [7, 11) is 0. The van der Waals surface area contributed by atoms with Crippen molar-refractivity contribution in [2.45, 2.75) is 29.1 Å². The molecule has 31 heavy (non-hydrogen) atoms. The lowest BCUT2D eigenvalue weighted by molar-refractivity contribution is 0.0750. The second-order valence-electron chi connectivity index (χ2n) is 7.82. The number of carbonyl (C=O) groups excluding carboxylic acids is 1.